The Morgan fingerprint density at radius 3 is 2.89 bits per heavy atom. The highest BCUT2D eigenvalue weighted by atomic mass is 35.5. The van der Waals surface area contributed by atoms with Crippen LogP contribution in [0.1, 0.15) is 0 Å². The van der Waals surface area contributed by atoms with Gasteiger partial charge in [-0.2, -0.15) is 0 Å². The maximum atomic E-state index is 6.25. The molecule has 2 bridgehead atoms. The summed E-state index contributed by atoms with van der Waals surface area (Å²) >= 11 is 5.94. The van der Waals surface area contributed by atoms with Gasteiger partial charge in [-0.15, -0.1) is 0 Å². The van der Waals surface area contributed by atoms with Gasteiger partial charge in [-0.25, -0.2) is 4.98 Å². The van der Waals surface area contributed by atoms with E-state index in [0.717, 1.165) is 24.6 Å². The van der Waals surface area contributed by atoms with Crippen LogP contribution in [0.2, 0.25) is 24.8 Å². The van der Waals surface area contributed by atoms with E-state index >= 15 is 0 Å². The zero-order chi connectivity index (χ0) is 12.9. The van der Waals surface area contributed by atoms with Crippen molar-refractivity contribution in [2.24, 2.45) is 0 Å². The van der Waals surface area contributed by atoms with Gasteiger partial charge in [0.05, 0.1) is 17.8 Å². The van der Waals surface area contributed by atoms with Gasteiger partial charge >= 0.3 is 0 Å². The lowest BCUT2D eigenvalue weighted by molar-refractivity contribution is 0.206. The van der Waals surface area contributed by atoms with Crippen LogP contribution in [0.5, 0.6) is 0 Å². The summed E-state index contributed by atoms with van der Waals surface area (Å²) in [6.07, 6.45) is 0.254. The van der Waals surface area contributed by atoms with Crippen molar-refractivity contribution in [3.05, 3.63) is 17.3 Å². The maximum Gasteiger partial charge on any atom is 0.184 e. The molecule has 2 aliphatic rings. The molecule has 6 heteroatoms. The van der Waals surface area contributed by atoms with E-state index in [0.29, 0.717) is 11.2 Å². The zero-order valence-electron chi connectivity index (χ0n) is 10.9. The predicted octanol–water partition coefficient (Wildman–Crippen LogP) is 2.57. The fraction of sp³-hybridized carbons (Fsp3) is 0.583. The SMILES string of the molecule is C[Si](C)(C)OC1CN2C[C@H]1Nc1nc(Cl)ccc12. The fourth-order valence-corrected chi connectivity index (χ4v) is 3.94. The highest BCUT2D eigenvalue weighted by molar-refractivity contribution is 6.69. The molecule has 1 aromatic rings. The van der Waals surface area contributed by atoms with Crippen LogP contribution in [0, 0.1) is 0 Å². The molecule has 3 heterocycles. The number of anilines is 2. The van der Waals surface area contributed by atoms with E-state index in [1.165, 1.54) is 0 Å². The first-order chi connectivity index (χ1) is 8.42. The molecule has 1 aromatic heterocycles. The molecule has 0 saturated carbocycles. The molecule has 0 spiro atoms. The monoisotopic (exact) mass is 283 g/mol. The van der Waals surface area contributed by atoms with Crippen LogP contribution in [-0.2, 0) is 4.43 Å². The standard InChI is InChI=1S/C12H18ClN3OSi/c1-18(2,3)17-10-7-16-6-8(10)14-12-9(16)4-5-11(13)15-12/h4-5,8,10H,6-7H2,1-3H3,(H,14,15)/t8-,10?/m1/s1. The lowest BCUT2D eigenvalue weighted by Crippen LogP contribution is -2.42. The Bertz CT molecular complexity index is 477. The van der Waals surface area contributed by atoms with Crippen molar-refractivity contribution in [3.63, 3.8) is 0 Å². The number of nitrogens with zero attached hydrogens (tertiary/aromatic N) is 2. The Morgan fingerprint density at radius 2 is 2.17 bits per heavy atom. The van der Waals surface area contributed by atoms with E-state index in [4.69, 9.17) is 16.0 Å². The molecule has 1 unspecified atom stereocenters. The van der Waals surface area contributed by atoms with Gasteiger partial charge in [0.1, 0.15) is 5.15 Å². The molecular weight excluding hydrogens is 266 g/mol. The molecule has 98 valence electrons. The molecule has 1 fully saturated rings. The highest BCUT2D eigenvalue weighted by Crippen LogP contribution is 2.36. The molecule has 1 N–H and O–H groups in total. The van der Waals surface area contributed by atoms with Crippen molar-refractivity contribution < 1.29 is 4.43 Å². The number of fused-ring (bicyclic) bond motifs is 4. The smallest absolute Gasteiger partial charge is 0.184 e. The Kier molecular flexibility index (Phi) is 2.80. The third-order valence-electron chi connectivity index (χ3n) is 3.27. The van der Waals surface area contributed by atoms with E-state index < -0.39 is 8.32 Å². The second-order valence-corrected chi connectivity index (χ2v) is 10.8. The van der Waals surface area contributed by atoms with Crippen molar-refractivity contribution in [1.29, 1.82) is 0 Å². The number of nitrogens with one attached hydrogen (secondary N) is 1. The number of aromatic nitrogens is 1. The van der Waals surface area contributed by atoms with Crippen molar-refractivity contribution in [3.8, 4) is 0 Å². The molecule has 3 rings (SSSR count). The number of halogens is 1. The van der Waals surface area contributed by atoms with Gasteiger partial charge in [0, 0.05) is 13.1 Å². The summed E-state index contributed by atoms with van der Waals surface area (Å²) in [4.78, 5) is 6.69. The fourth-order valence-electron chi connectivity index (χ4n) is 2.65. The average Bonchev–Trinajstić information content (AvgIpc) is 2.54. The van der Waals surface area contributed by atoms with E-state index in [9.17, 15) is 0 Å². The molecule has 1 saturated heterocycles. The maximum absolute atomic E-state index is 6.25. The number of hydrogen-bond acceptors (Lipinski definition) is 4. The normalized spacial score (nSPS) is 25.9. The van der Waals surface area contributed by atoms with Gasteiger partial charge in [-0.05, 0) is 31.8 Å². The summed E-state index contributed by atoms with van der Waals surface area (Å²) in [5.41, 5.74) is 1.14. The minimum atomic E-state index is -1.51. The Hall–Kier alpha value is -0.783. The molecule has 0 amide bonds. The van der Waals surface area contributed by atoms with Crippen LogP contribution < -0.4 is 10.2 Å². The topological polar surface area (TPSA) is 37.4 Å². The summed E-state index contributed by atoms with van der Waals surface area (Å²) in [5.74, 6) is 0.889. The molecule has 2 aliphatic heterocycles. The van der Waals surface area contributed by atoms with Crippen molar-refractivity contribution in [2.45, 2.75) is 31.8 Å². The molecule has 18 heavy (non-hydrogen) atoms. The van der Waals surface area contributed by atoms with E-state index in [1.807, 2.05) is 12.1 Å². The Morgan fingerprint density at radius 1 is 1.39 bits per heavy atom. The number of hydrogen-bond donors (Lipinski definition) is 1. The summed E-state index contributed by atoms with van der Waals surface area (Å²) in [5, 5.41) is 4.00. The summed E-state index contributed by atoms with van der Waals surface area (Å²) in [7, 11) is -1.51. The molecular formula is C12H18ClN3OSi. The van der Waals surface area contributed by atoms with Crippen LogP contribution in [0.15, 0.2) is 12.1 Å². The molecule has 0 aliphatic carbocycles. The lowest BCUT2D eigenvalue weighted by atomic mass is 10.2. The quantitative estimate of drug-likeness (QED) is 0.669. The van der Waals surface area contributed by atoms with Gasteiger partial charge in [0.15, 0.2) is 14.1 Å². The number of pyridine rings is 1. The van der Waals surface area contributed by atoms with Crippen LogP contribution >= 0.6 is 11.6 Å². The van der Waals surface area contributed by atoms with Crippen molar-refractivity contribution in [2.75, 3.05) is 23.3 Å². The number of rotatable bonds is 2. The van der Waals surface area contributed by atoms with E-state index in [1.54, 1.807) is 0 Å². The minimum absolute atomic E-state index is 0.254. The van der Waals surface area contributed by atoms with Crippen LogP contribution in [-0.4, -0.2) is 38.5 Å². The minimum Gasteiger partial charge on any atom is -0.411 e. The van der Waals surface area contributed by atoms with Crippen LogP contribution in [0.25, 0.3) is 0 Å². The average molecular weight is 284 g/mol. The summed E-state index contributed by atoms with van der Waals surface area (Å²) in [6, 6.07) is 4.20. The van der Waals surface area contributed by atoms with Crippen molar-refractivity contribution in [1.82, 2.24) is 4.98 Å². The van der Waals surface area contributed by atoms with Gasteiger partial charge in [0.2, 0.25) is 0 Å². The molecule has 4 nitrogen and oxygen atoms in total. The van der Waals surface area contributed by atoms with Gasteiger partial charge < -0.3 is 14.6 Å². The third-order valence-corrected chi connectivity index (χ3v) is 4.49. The largest absolute Gasteiger partial charge is 0.411 e. The van der Waals surface area contributed by atoms with Crippen LogP contribution in [0.4, 0.5) is 11.5 Å². The lowest BCUT2D eigenvalue weighted by Gasteiger charge is -2.29. The molecule has 0 aromatic carbocycles. The Balaban J connectivity index is 1.84. The highest BCUT2D eigenvalue weighted by Gasteiger charge is 2.40. The zero-order valence-corrected chi connectivity index (χ0v) is 12.7. The first-order valence-electron chi connectivity index (χ1n) is 6.28. The summed E-state index contributed by atoms with van der Waals surface area (Å²) in [6.45, 7) is 8.62. The Labute approximate surface area is 113 Å². The van der Waals surface area contributed by atoms with Crippen LogP contribution in [0.3, 0.4) is 0 Å². The first kappa shape index (κ1) is 12.3. The van der Waals surface area contributed by atoms with E-state index in [-0.39, 0.29) is 6.10 Å². The second-order valence-electron chi connectivity index (χ2n) is 5.93. The third kappa shape index (κ3) is 2.22. The predicted molar refractivity (Wildman–Crippen MR) is 77.1 cm³/mol. The van der Waals surface area contributed by atoms with Gasteiger partial charge in [-0.1, -0.05) is 11.6 Å². The van der Waals surface area contributed by atoms with Crippen molar-refractivity contribution >= 4 is 31.4 Å². The van der Waals surface area contributed by atoms with Gasteiger partial charge in [-0.3, -0.25) is 0 Å². The second kappa shape index (κ2) is 4.11. The first-order valence-corrected chi connectivity index (χ1v) is 10.1. The van der Waals surface area contributed by atoms with Gasteiger partial charge in [0.25, 0.3) is 0 Å². The molecule has 2 atom stereocenters. The van der Waals surface area contributed by atoms with E-state index in [2.05, 4.69) is 34.8 Å². The summed E-state index contributed by atoms with van der Waals surface area (Å²) < 4.78 is 6.25. The molecule has 0 radical (unpaired) electrons.